The number of likely N-dealkylation sites (tertiary alicyclic amines) is 1. The highest BCUT2D eigenvalue weighted by atomic mass is 19.1. The highest BCUT2D eigenvalue weighted by Gasteiger charge is 2.25. The summed E-state index contributed by atoms with van der Waals surface area (Å²) < 4.78 is 13.1. The van der Waals surface area contributed by atoms with Crippen molar-refractivity contribution in [3.63, 3.8) is 0 Å². The maximum atomic E-state index is 13.1. The summed E-state index contributed by atoms with van der Waals surface area (Å²) in [6.07, 6.45) is 2.41. The van der Waals surface area contributed by atoms with Crippen LogP contribution in [0.2, 0.25) is 0 Å². The molecular weight excluding hydrogens is 251 g/mol. The van der Waals surface area contributed by atoms with Crippen molar-refractivity contribution in [2.45, 2.75) is 46.2 Å². The number of hydrogen-bond acceptors (Lipinski definition) is 2. The summed E-state index contributed by atoms with van der Waals surface area (Å²) in [7, 11) is 0. The molecule has 0 amide bonds. The minimum atomic E-state index is -0.137. The summed E-state index contributed by atoms with van der Waals surface area (Å²) in [5.74, 6) is 0.540. The number of aryl methyl sites for hydroxylation is 1. The van der Waals surface area contributed by atoms with Crippen molar-refractivity contribution in [2.75, 3.05) is 19.6 Å². The fourth-order valence-corrected chi connectivity index (χ4v) is 3.09. The van der Waals surface area contributed by atoms with Crippen molar-refractivity contribution < 1.29 is 4.39 Å². The van der Waals surface area contributed by atoms with Crippen LogP contribution in [0.1, 0.15) is 37.8 Å². The van der Waals surface area contributed by atoms with Gasteiger partial charge >= 0.3 is 0 Å². The Morgan fingerprint density at radius 3 is 2.85 bits per heavy atom. The molecule has 2 unspecified atom stereocenters. The van der Waals surface area contributed by atoms with Gasteiger partial charge in [0.1, 0.15) is 5.82 Å². The number of nitrogens with zero attached hydrogens (tertiary/aromatic N) is 1. The number of hydrogen-bond donors (Lipinski definition) is 1. The molecule has 0 saturated carbocycles. The van der Waals surface area contributed by atoms with Crippen LogP contribution in [0.4, 0.5) is 4.39 Å². The summed E-state index contributed by atoms with van der Waals surface area (Å²) in [5, 5.41) is 3.65. The molecule has 0 bridgehead atoms. The van der Waals surface area contributed by atoms with Gasteiger partial charge in [-0.1, -0.05) is 19.9 Å². The van der Waals surface area contributed by atoms with E-state index in [1.165, 1.54) is 18.4 Å². The zero-order valence-electron chi connectivity index (χ0n) is 13.0. The molecule has 3 heteroatoms. The molecule has 1 heterocycles. The fourth-order valence-electron chi connectivity index (χ4n) is 3.09. The average molecular weight is 278 g/mol. The van der Waals surface area contributed by atoms with Gasteiger partial charge in [0, 0.05) is 19.1 Å². The van der Waals surface area contributed by atoms with E-state index in [1.54, 1.807) is 12.1 Å². The third kappa shape index (κ3) is 4.03. The predicted octanol–water partition coefficient (Wildman–Crippen LogP) is 3.34. The Labute approximate surface area is 122 Å². The first-order valence-electron chi connectivity index (χ1n) is 7.81. The van der Waals surface area contributed by atoms with Crippen LogP contribution in [0.15, 0.2) is 18.2 Å². The molecule has 2 nitrogen and oxygen atoms in total. The zero-order chi connectivity index (χ0) is 14.5. The smallest absolute Gasteiger partial charge is 0.123 e. The Morgan fingerprint density at radius 1 is 1.40 bits per heavy atom. The standard InChI is InChI=1S/C17H27FN2/c1-4-8-19-17-7-9-20(11-14(17)3)12-15-5-6-16(18)10-13(15)2/h5-6,10,14,17,19H,4,7-9,11-12H2,1-3H3. The molecule has 0 radical (unpaired) electrons. The largest absolute Gasteiger partial charge is 0.314 e. The van der Waals surface area contributed by atoms with Crippen LogP contribution in [-0.4, -0.2) is 30.6 Å². The summed E-state index contributed by atoms with van der Waals surface area (Å²) in [4.78, 5) is 2.50. The van der Waals surface area contributed by atoms with Crippen molar-refractivity contribution in [2.24, 2.45) is 5.92 Å². The van der Waals surface area contributed by atoms with Gasteiger partial charge in [0.05, 0.1) is 0 Å². The molecule has 0 spiro atoms. The number of halogens is 1. The molecule has 1 saturated heterocycles. The van der Waals surface area contributed by atoms with E-state index in [0.29, 0.717) is 12.0 Å². The summed E-state index contributed by atoms with van der Waals surface area (Å²) in [5.41, 5.74) is 2.31. The van der Waals surface area contributed by atoms with Crippen LogP contribution < -0.4 is 5.32 Å². The molecule has 0 aromatic heterocycles. The van der Waals surface area contributed by atoms with E-state index in [2.05, 4.69) is 24.1 Å². The van der Waals surface area contributed by atoms with Gasteiger partial charge in [-0.25, -0.2) is 4.39 Å². The topological polar surface area (TPSA) is 15.3 Å². The highest BCUT2D eigenvalue weighted by Crippen LogP contribution is 2.20. The van der Waals surface area contributed by atoms with E-state index >= 15 is 0 Å². The second kappa shape index (κ2) is 7.19. The van der Waals surface area contributed by atoms with Gasteiger partial charge in [-0.2, -0.15) is 0 Å². The maximum absolute atomic E-state index is 13.1. The SMILES string of the molecule is CCCNC1CCN(Cc2ccc(F)cc2C)CC1C. The first-order chi connectivity index (χ1) is 9.60. The normalized spacial score (nSPS) is 24.0. The Bertz CT molecular complexity index is 433. The van der Waals surface area contributed by atoms with Crippen molar-refractivity contribution in [3.05, 3.63) is 35.1 Å². The van der Waals surface area contributed by atoms with Gasteiger partial charge < -0.3 is 5.32 Å². The van der Waals surface area contributed by atoms with E-state index in [4.69, 9.17) is 0 Å². The van der Waals surface area contributed by atoms with Gasteiger partial charge in [-0.15, -0.1) is 0 Å². The lowest BCUT2D eigenvalue weighted by Crippen LogP contribution is -2.48. The molecule has 2 atom stereocenters. The van der Waals surface area contributed by atoms with Gasteiger partial charge in [0.2, 0.25) is 0 Å². The lowest BCUT2D eigenvalue weighted by atomic mass is 9.93. The number of rotatable bonds is 5. The minimum Gasteiger partial charge on any atom is -0.314 e. The molecule has 112 valence electrons. The molecule has 2 rings (SSSR count). The summed E-state index contributed by atoms with van der Waals surface area (Å²) >= 11 is 0. The Balaban J connectivity index is 1.89. The first-order valence-corrected chi connectivity index (χ1v) is 7.81. The molecule has 1 aromatic rings. The summed E-state index contributed by atoms with van der Waals surface area (Å²) in [6.45, 7) is 10.8. The Morgan fingerprint density at radius 2 is 2.20 bits per heavy atom. The lowest BCUT2D eigenvalue weighted by Gasteiger charge is -2.37. The molecule has 1 N–H and O–H groups in total. The number of nitrogens with one attached hydrogen (secondary N) is 1. The number of benzene rings is 1. The summed E-state index contributed by atoms with van der Waals surface area (Å²) in [6, 6.07) is 5.78. The highest BCUT2D eigenvalue weighted by molar-refractivity contribution is 5.26. The van der Waals surface area contributed by atoms with E-state index < -0.39 is 0 Å². The fraction of sp³-hybridized carbons (Fsp3) is 0.647. The van der Waals surface area contributed by atoms with Gasteiger partial charge in [-0.05, 0) is 62.0 Å². The Hall–Kier alpha value is -0.930. The molecule has 1 fully saturated rings. The molecule has 0 aliphatic carbocycles. The monoisotopic (exact) mass is 278 g/mol. The first kappa shape index (κ1) is 15.5. The second-order valence-electron chi connectivity index (χ2n) is 6.13. The quantitative estimate of drug-likeness (QED) is 0.888. The minimum absolute atomic E-state index is 0.137. The van der Waals surface area contributed by atoms with Crippen LogP contribution in [0, 0.1) is 18.7 Å². The molecule has 1 aromatic carbocycles. The van der Waals surface area contributed by atoms with E-state index in [0.717, 1.165) is 31.7 Å². The van der Waals surface area contributed by atoms with Crippen LogP contribution in [0.25, 0.3) is 0 Å². The van der Waals surface area contributed by atoms with Gasteiger partial charge in [0.25, 0.3) is 0 Å². The zero-order valence-corrected chi connectivity index (χ0v) is 13.0. The van der Waals surface area contributed by atoms with Crippen LogP contribution >= 0.6 is 0 Å². The Kier molecular flexibility index (Phi) is 5.55. The van der Waals surface area contributed by atoms with Crippen LogP contribution in [0.5, 0.6) is 0 Å². The second-order valence-corrected chi connectivity index (χ2v) is 6.13. The van der Waals surface area contributed by atoms with Crippen LogP contribution in [-0.2, 0) is 6.54 Å². The predicted molar refractivity (Wildman–Crippen MR) is 82.3 cm³/mol. The van der Waals surface area contributed by atoms with Gasteiger partial charge in [-0.3, -0.25) is 4.90 Å². The lowest BCUT2D eigenvalue weighted by molar-refractivity contribution is 0.141. The molecule has 20 heavy (non-hydrogen) atoms. The third-order valence-corrected chi connectivity index (χ3v) is 4.34. The molecule has 1 aliphatic rings. The van der Waals surface area contributed by atoms with Crippen molar-refractivity contribution in [3.8, 4) is 0 Å². The third-order valence-electron chi connectivity index (χ3n) is 4.34. The molecule has 1 aliphatic heterocycles. The van der Waals surface area contributed by atoms with E-state index in [1.807, 2.05) is 13.0 Å². The maximum Gasteiger partial charge on any atom is 0.123 e. The van der Waals surface area contributed by atoms with Crippen LogP contribution in [0.3, 0.4) is 0 Å². The van der Waals surface area contributed by atoms with E-state index in [9.17, 15) is 4.39 Å². The van der Waals surface area contributed by atoms with Gasteiger partial charge in [0.15, 0.2) is 0 Å². The number of piperidine rings is 1. The average Bonchev–Trinajstić information content (AvgIpc) is 2.41. The molecular formula is C17H27FN2. The van der Waals surface area contributed by atoms with Crippen molar-refractivity contribution in [1.82, 2.24) is 10.2 Å². The van der Waals surface area contributed by atoms with Crippen molar-refractivity contribution >= 4 is 0 Å². The van der Waals surface area contributed by atoms with Crippen molar-refractivity contribution in [1.29, 1.82) is 0 Å². The van der Waals surface area contributed by atoms with E-state index in [-0.39, 0.29) is 5.82 Å².